The Bertz CT molecular complexity index is 1000. The van der Waals surface area contributed by atoms with Crippen LogP contribution in [0, 0.1) is 0 Å². The molecule has 5 rings (SSSR count). The van der Waals surface area contributed by atoms with E-state index in [1.54, 1.807) is 0 Å². The molecule has 3 heterocycles. The van der Waals surface area contributed by atoms with Crippen LogP contribution in [0.3, 0.4) is 0 Å². The van der Waals surface area contributed by atoms with Gasteiger partial charge in [-0.3, -0.25) is 14.7 Å². The Morgan fingerprint density at radius 2 is 2.16 bits per heavy atom. The summed E-state index contributed by atoms with van der Waals surface area (Å²) in [7, 11) is 0. The summed E-state index contributed by atoms with van der Waals surface area (Å²) in [6.07, 6.45) is 6.83. The molecule has 3 aromatic rings. The summed E-state index contributed by atoms with van der Waals surface area (Å²) >= 11 is 0. The Morgan fingerprint density at radius 1 is 1.24 bits per heavy atom. The number of H-pyrrole nitrogens is 1. The van der Waals surface area contributed by atoms with Gasteiger partial charge in [-0.15, -0.1) is 0 Å². The zero-order valence-corrected chi connectivity index (χ0v) is 14.0. The molecule has 0 unspecified atom stereocenters. The molecule has 1 fully saturated rings. The Kier molecular flexibility index (Phi) is 3.41. The maximum atomic E-state index is 12.3. The molecule has 1 aliphatic carbocycles. The molecule has 0 amide bonds. The third-order valence-corrected chi connectivity index (χ3v) is 5.30. The maximum absolute atomic E-state index is 12.3. The van der Waals surface area contributed by atoms with E-state index in [0.29, 0.717) is 5.92 Å². The van der Waals surface area contributed by atoms with Gasteiger partial charge in [0, 0.05) is 48.9 Å². The summed E-state index contributed by atoms with van der Waals surface area (Å²) in [4.78, 5) is 26.7. The Morgan fingerprint density at radius 3 is 3.04 bits per heavy atom. The summed E-state index contributed by atoms with van der Waals surface area (Å²) in [5.74, 6) is 1.36. The summed E-state index contributed by atoms with van der Waals surface area (Å²) in [6, 6.07) is 8.45. The van der Waals surface area contributed by atoms with Crippen molar-refractivity contribution in [3.8, 4) is 0 Å². The number of nitrogens with zero attached hydrogens (tertiary/aromatic N) is 3. The average molecular weight is 332 g/mol. The van der Waals surface area contributed by atoms with E-state index in [2.05, 4.69) is 39.1 Å². The van der Waals surface area contributed by atoms with Gasteiger partial charge in [0.15, 0.2) is 0 Å². The zero-order chi connectivity index (χ0) is 16.8. The lowest BCUT2D eigenvalue weighted by atomic mass is 10.0. The molecule has 25 heavy (non-hydrogen) atoms. The molecule has 1 aliphatic heterocycles. The van der Waals surface area contributed by atoms with E-state index in [1.807, 2.05) is 12.4 Å². The smallest absolute Gasteiger partial charge is 0.254 e. The Hall–Kier alpha value is -2.53. The predicted octanol–water partition coefficient (Wildman–Crippen LogP) is 2.75. The van der Waals surface area contributed by atoms with E-state index in [4.69, 9.17) is 4.98 Å². The van der Waals surface area contributed by atoms with Crippen LogP contribution < -0.4 is 5.56 Å². The van der Waals surface area contributed by atoms with Crippen LogP contribution in [-0.4, -0.2) is 26.4 Å². The standard InChI is InChI=1S/C20H20N4O/c25-20-17-7-9-24(12-18(17)22-19(23-20)13-4-5-13)11-15-3-1-2-14-10-21-8-6-16(14)15/h1-3,6,8,10,13H,4-5,7,9,11-12H2,(H,22,23,25). The molecule has 0 saturated heterocycles. The Balaban J connectivity index is 1.44. The average Bonchev–Trinajstić information content (AvgIpc) is 3.47. The third kappa shape index (κ3) is 2.74. The fourth-order valence-corrected chi connectivity index (χ4v) is 3.77. The number of benzene rings is 1. The molecular formula is C20H20N4O. The second-order valence-electron chi connectivity index (χ2n) is 7.13. The minimum absolute atomic E-state index is 0.0720. The van der Waals surface area contributed by atoms with Crippen LogP contribution in [0.1, 0.15) is 41.4 Å². The minimum Gasteiger partial charge on any atom is -0.310 e. The van der Waals surface area contributed by atoms with E-state index >= 15 is 0 Å². The second kappa shape index (κ2) is 5.77. The lowest BCUT2D eigenvalue weighted by molar-refractivity contribution is 0.241. The van der Waals surface area contributed by atoms with E-state index in [9.17, 15) is 4.79 Å². The fourth-order valence-electron chi connectivity index (χ4n) is 3.77. The number of aromatic amines is 1. The van der Waals surface area contributed by atoms with Crippen LogP contribution in [0.15, 0.2) is 41.5 Å². The van der Waals surface area contributed by atoms with Crippen molar-refractivity contribution in [3.63, 3.8) is 0 Å². The highest BCUT2D eigenvalue weighted by atomic mass is 16.1. The van der Waals surface area contributed by atoms with Crippen molar-refractivity contribution in [2.45, 2.75) is 38.3 Å². The normalized spacial score (nSPS) is 17.6. The minimum atomic E-state index is 0.0720. The van der Waals surface area contributed by atoms with Crippen molar-refractivity contribution in [3.05, 3.63) is 69.7 Å². The number of fused-ring (bicyclic) bond motifs is 2. The molecule has 2 aliphatic rings. The van der Waals surface area contributed by atoms with Gasteiger partial charge in [-0.1, -0.05) is 18.2 Å². The van der Waals surface area contributed by atoms with Gasteiger partial charge in [-0.05, 0) is 36.3 Å². The van der Waals surface area contributed by atoms with Gasteiger partial charge in [0.1, 0.15) is 5.82 Å². The van der Waals surface area contributed by atoms with Gasteiger partial charge in [0.05, 0.1) is 5.69 Å². The lowest BCUT2D eigenvalue weighted by Crippen LogP contribution is -2.35. The highest BCUT2D eigenvalue weighted by molar-refractivity contribution is 5.84. The highest BCUT2D eigenvalue weighted by Gasteiger charge is 2.29. The van der Waals surface area contributed by atoms with Crippen molar-refractivity contribution in [2.75, 3.05) is 6.54 Å². The van der Waals surface area contributed by atoms with Gasteiger partial charge in [-0.2, -0.15) is 0 Å². The first kappa shape index (κ1) is 14.8. The first-order chi connectivity index (χ1) is 12.3. The summed E-state index contributed by atoms with van der Waals surface area (Å²) in [5.41, 5.74) is 3.22. The number of pyridine rings is 1. The molecule has 1 N–H and O–H groups in total. The van der Waals surface area contributed by atoms with E-state index in [-0.39, 0.29) is 5.56 Å². The maximum Gasteiger partial charge on any atom is 0.254 e. The van der Waals surface area contributed by atoms with E-state index in [0.717, 1.165) is 56.0 Å². The Labute approximate surface area is 145 Å². The highest BCUT2D eigenvalue weighted by Crippen LogP contribution is 2.37. The number of nitrogens with one attached hydrogen (secondary N) is 1. The molecule has 0 radical (unpaired) electrons. The third-order valence-electron chi connectivity index (χ3n) is 5.30. The monoisotopic (exact) mass is 332 g/mol. The molecular weight excluding hydrogens is 312 g/mol. The second-order valence-corrected chi connectivity index (χ2v) is 7.13. The van der Waals surface area contributed by atoms with Crippen LogP contribution in [0.25, 0.3) is 10.8 Å². The van der Waals surface area contributed by atoms with Crippen LogP contribution in [-0.2, 0) is 19.5 Å². The van der Waals surface area contributed by atoms with Gasteiger partial charge in [0.2, 0.25) is 0 Å². The summed E-state index contributed by atoms with van der Waals surface area (Å²) < 4.78 is 0. The van der Waals surface area contributed by atoms with Crippen LogP contribution in [0.5, 0.6) is 0 Å². The number of rotatable bonds is 3. The van der Waals surface area contributed by atoms with Crippen molar-refractivity contribution in [2.24, 2.45) is 0 Å². The van der Waals surface area contributed by atoms with E-state index in [1.165, 1.54) is 16.3 Å². The van der Waals surface area contributed by atoms with Gasteiger partial charge < -0.3 is 4.98 Å². The van der Waals surface area contributed by atoms with E-state index < -0.39 is 0 Å². The summed E-state index contributed by atoms with van der Waals surface area (Å²) in [5, 5.41) is 2.42. The van der Waals surface area contributed by atoms with Gasteiger partial charge in [-0.25, -0.2) is 4.98 Å². The molecule has 1 saturated carbocycles. The molecule has 0 atom stereocenters. The molecule has 126 valence electrons. The molecule has 1 aromatic carbocycles. The number of aromatic nitrogens is 3. The van der Waals surface area contributed by atoms with Gasteiger partial charge in [0.25, 0.3) is 5.56 Å². The quantitative estimate of drug-likeness (QED) is 0.801. The predicted molar refractivity (Wildman–Crippen MR) is 96.4 cm³/mol. The zero-order valence-electron chi connectivity index (χ0n) is 14.0. The lowest BCUT2D eigenvalue weighted by Gasteiger charge is -2.28. The van der Waals surface area contributed by atoms with Crippen LogP contribution >= 0.6 is 0 Å². The molecule has 5 nitrogen and oxygen atoms in total. The number of hydrogen-bond acceptors (Lipinski definition) is 4. The van der Waals surface area contributed by atoms with Crippen LogP contribution in [0.4, 0.5) is 0 Å². The van der Waals surface area contributed by atoms with Crippen molar-refractivity contribution in [1.29, 1.82) is 0 Å². The van der Waals surface area contributed by atoms with Crippen molar-refractivity contribution >= 4 is 10.8 Å². The molecule has 5 heteroatoms. The molecule has 0 bridgehead atoms. The number of hydrogen-bond donors (Lipinski definition) is 1. The topological polar surface area (TPSA) is 61.9 Å². The first-order valence-electron chi connectivity index (χ1n) is 8.94. The fraction of sp³-hybridized carbons (Fsp3) is 0.350. The SMILES string of the molecule is O=c1[nH]c(C2CC2)nc2c1CCN(Cc1cccc3cnccc13)C2. The van der Waals surface area contributed by atoms with Crippen LogP contribution in [0.2, 0.25) is 0 Å². The van der Waals surface area contributed by atoms with Crippen molar-refractivity contribution in [1.82, 2.24) is 19.9 Å². The van der Waals surface area contributed by atoms with Crippen molar-refractivity contribution < 1.29 is 0 Å². The molecule has 2 aromatic heterocycles. The molecule has 0 spiro atoms. The first-order valence-corrected chi connectivity index (χ1v) is 8.94. The largest absolute Gasteiger partial charge is 0.310 e. The summed E-state index contributed by atoms with van der Waals surface area (Å²) in [6.45, 7) is 2.51. The van der Waals surface area contributed by atoms with Gasteiger partial charge >= 0.3 is 0 Å².